The average Bonchev–Trinajstić information content (AvgIpc) is 2.38. The summed E-state index contributed by atoms with van der Waals surface area (Å²) in [5.41, 5.74) is 1.08. The lowest BCUT2D eigenvalue weighted by Crippen LogP contribution is -2.31. The highest BCUT2D eigenvalue weighted by molar-refractivity contribution is 5.34. The van der Waals surface area contributed by atoms with Gasteiger partial charge in [-0.25, -0.2) is 0 Å². The van der Waals surface area contributed by atoms with Crippen LogP contribution in [0.5, 0.6) is 5.75 Å². The van der Waals surface area contributed by atoms with Crippen molar-refractivity contribution in [3.63, 3.8) is 0 Å². The molecule has 2 N–H and O–H groups in total. The van der Waals surface area contributed by atoms with E-state index < -0.39 is 6.10 Å². The maximum atomic E-state index is 9.72. The normalized spacial score (nSPS) is 11.8. The van der Waals surface area contributed by atoms with Crippen LogP contribution in [0, 0.1) is 0 Å². The smallest absolute Gasteiger partial charge is 0.122 e. The van der Waals surface area contributed by atoms with Crippen molar-refractivity contribution in [2.75, 3.05) is 19.7 Å². The van der Waals surface area contributed by atoms with Crippen LogP contribution in [0.25, 0.3) is 0 Å². The molecule has 0 aromatic heterocycles. The topological polar surface area (TPSA) is 41.5 Å². The first kappa shape index (κ1) is 14.5. The van der Waals surface area contributed by atoms with Gasteiger partial charge in [0.25, 0.3) is 0 Å². The Morgan fingerprint density at radius 2 is 2.06 bits per heavy atom. The van der Waals surface area contributed by atoms with Gasteiger partial charge in [-0.1, -0.05) is 30.4 Å². The standard InChI is InChI=1S/C15H21NO2/c1-3-7-13-8-5-6-9-15(13)18-12-14(17)11-16-10-4-2/h3-6,8-9,14,16-17H,1-2,7,10-12H2. The minimum Gasteiger partial charge on any atom is -0.491 e. The summed E-state index contributed by atoms with van der Waals surface area (Å²) in [7, 11) is 0. The number of allylic oxidation sites excluding steroid dienone is 1. The molecule has 0 aliphatic heterocycles. The monoisotopic (exact) mass is 247 g/mol. The molecule has 0 amide bonds. The zero-order valence-electron chi connectivity index (χ0n) is 10.6. The molecule has 0 saturated heterocycles. The Kier molecular flexibility index (Phi) is 6.84. The number of para-hydroxylation sites is 1. The lowest BCUT2D eigenvalue weighted by molar-refractivity contribution is 0.107. The molecule has 18 heavy (non-hydrogen) atoms. The van der Waals surface area contributed by atoms with Gasteiger partial charge in [-0.15, -0.1) is 13.2 Å². The fraction of sp³-hybridized carbons (Fsp3) is 0.333. The number of hydrogen-bond donors (Lipinski definition) is 2. The molecular formula is C15H21NO2. The molecule has 1 rings (SSSR count). The lowest BCUT2D eigenvalue weighted by atomic mass is 10.1. The third kappa shape index (κ3) is 5.17. The van der Waals surface area contributed by atoms with Crippen LogP contribution in [0.3, 0.4) is 0 Å². The summed E-state index contributed by atoms with van der Waals surface area (Å²) in [5.74, 6) is 0.806. The summed E-state index contributed by atoms with van der Waals surface area (Å²) in [6.45, 7) is 8.77. The Hall–Kier alpha value is -1.58. The molecule has 1 unspecified atom stereocenters. The molecule has 0 bridgehead atoms. The molecule has 0 aliphatic rings. The highest BCUT2D eigenvalue weighted by Gasteiger charge is 2.06. The number of aliphatic hydroxyl groups is 1. The Morgan fingerprint density at radius 1 is 1.28 bits per heavy atom. The first-order valence-corrected chi connectivity index (χ1v) is 6.09. The molecular weight excluding hydrogens is 226 g/mol. The lowest BCUT2D eigenvalue weighted by Gasteiger charge is -2.14. The van der Waals surface area contributed by atoms with Crippen molar-refractivity contribution < 1.29 is 9.84 Å². The number of nitrogens with one attached hydrogen (secondary N) is 1. The van der Waals surface area contributed by atoms with Crippen molar-refractivity contribution in [2.24, 2.45) is 0 Å². The molecule has 0 aliphatic carbocycles. The number of ether oxygens (including phenoxy) is 1. The summed E-state index contributed by atoms with van der Waals surface area (Å²) in [5, 5.41) is 12.8. The Bertz CT molecular complexity index is 377. The fourth-order valence-electron chi connectivity index (χ4n) is 1.57. The van der Waals surface area contributed by atoms with Crippen LogP contribution in [0.2, 0.25) is 0 Å². The predicted molar refractivity (Wildman–Crippen MR) is 74.9 cm³/mol. The minimum absolute atomic E-state index is 0.276. The third-order valence-electron chi connectivity index (χ3n) is 2.44. The van der Waals surface area contributed by atoms with Gasteiger partial charge in [0, 0.05) is 13.1 Å². The first-order chi connectivity index (χ1) is 8.77. The van der Waals surface area contributed by atoms with E-state index >= 15 is 0 Å². The maximum absolute atomic E-state index is 9.72. The van der Waals surface area contributed by atoms with Crippen molar-refractivity contribution in [1.82, 2.24) is 5.32 Å². The molecule has 0 spiro atoms. The SMILES string of the molecule is C=CCNCC(O)COc1ccccc1CC=C. The van der Waals surface area contributed by atoms with Crippen LogP contribution in [0.4, 0.5) is 0 Å². The number of benzene rings is 1. The zero-order chi connectivity index (χ0) is 13.2. The average molecular weight is 247 g/mol. The highest BCUT2D eigenvalue weighted by Crippen LogP contribution is 2.18. The highest BCUT2D eigenvalue weighted by atomic mass is 16.5. The van der Waals surface area contributed by atoms with Gasteiger partial charge in [-0.3, -0.25) is 0 Å². The van der Waals surface area contributed by atoms with Crippen molar-refractivity contribution in [1.29, 1.82) is 0 Å². The zero-order valence-corrected chi connectivity index (χ0v) is 10.6. The van der Waals surface area contributed by atoms with Crippen LogP contribution >= 0.6 is 0 Å². The van der Waals surface area contributed by atoms with Gasteiger partial charge in [0.05, 0.1) is 0 Å². The van der Waals surface area contributed by atoms with Crippen LogP contribution in [0.15, 0.2) is 49.6 Å². The van der Waals surface area contributed by atoms with Gasteiger partial charge in [-0.05, 0) is 18.1 Å². The largest absolute Gasteiger partial charge is 0.491 e. The van der Waals surface area contributed by atoms with Gasteiger partial charge >= 0.3 is 0 Å². The van der Waals surface area contributed by atoms with E-state index in [0.717, 1.165) is 17.7 Å². The number of hydrogen-bond acceptors (Lipinski definition) is 3. The quantitative estimate of drug-likeness (QED) is 0.517. The van der Waals surface area contributed by atoms with E-state index in [2.05, 4.69) is 18.5 Å². The second kappa shape index (κ2) is 8.50. The Morgan fingerprint density at radius 3 is 2.78 bits per heavy atom. The molecule has 3 nitrogen and oxygen atoms in total. The van der Waals surface area contributed by atoms with E-state index in [0.29, 0.717) is 13.1 Å². The summed E-state index contributed by atoms with van der Waals surface area (Å²) in [6.07, 6.45) is 3.83. The van der Waals surface area contributed by atoms with E-state index in [1.807, 2.05) is 30.3 Å². The molecule has 98 valence electrons. The van der Waals surface area contributed by atoms with Gasteiger partial charge in [0.2, 0.25) is 0 Å². The van der Waals surface area contributed by atoms with E-state index in [1.165, 1.54) is 0 Å². The van der Waals surface area contributed by atoms with Gasteiger partial charge in [0.15, 0.2) is 0 Å². The van der Waals surface area contributed by atoms with E-state index in [-0.39, 0.29) is 6.61 Å². The summed E-state index contributed by atoms with van der Waals surface area (Å²) < 4.78 is 5.62. The van der Waals surface area contributed by atoms with E-state index in [4.69, 9.17) is 4.74 Å². The number of aliphatic hydroxyl groups excluding tert-OH is 1. The molecule has 1 aromatic carbocycles. The van der Waals surface area contributed by atoms with Crippen LogP contribution in [-0.2, 0) is 6.42 Å². The van der Waals surface area contributed by atoms with Crippen molar-refractivity contribution >= 4 is 0 Å². The molecule has 0 heterocycles. The van der Waals surface area contributed by atoms with Gasteiger partial charge in [-0.2, -0.15) is 0 Å². The summed E-state index contributed by atoms with van der Waals surface area (Å²) in [6, 6.07) is 7.79. The van der Waals surface area contributed by atoms with Crippen LogP contribution < -0.4 is 10.1 Å². The van der Waals surface area contributed by atoms with Crippen molar-refractivity contribution in [3.05, 3.63) is 55.1 Å². The summed E-state index contributed by atoms with van der Waals surface area (Å²) in [4.78, 5) is 0. The first-order valence-electron chi connectivity index (χ1n) is 6.09. The molecule has 0 fully saturated rings. The molecule has 0 saturated carbocycles. The Labute approximate surface area is 109 Å². The Balaban J connectivity index is 2.42. The minimum atomic E-state index is -0.526. The van der Waals surface area contributed by atoms with Crippen molar-refractivity contribution in [3.8, 4) is 5.75 Å². The van der Waals surface area contributed by atoms with Crippen LogP contribution in [-0.4, -0.2) is 30.9 Å². The number of rotatable bonds is 9. The third-order valence-corrected chi connectivity index (χ3v) is 2.44. The maximum Gasteiger partial charge on any atom is 0.122 e. The second-order valence-corrected chi connectivity index (χ2v) is 4.01. The van der Waals surface area contributed by atoms with E-state index in [1.54, 1.807) is 6.08 Å². The predicted octanol–water partition coefficient (Wildman–Crippen LogP) is 1.93. The van der Waals surface area contributed by atoms with E-state index in [9.17, 15) is 5.11 Å². The second-order valence-electron chi connectivity index (χ2n) is 4.01. The van der Waals surface area contributed by atoms with Crippen molar-refractivity contribution in [2.45, 2.75) is 12.5 Å². The molecule has 1 atom stereocenters. The molecule has 3 heteroatoms. The fourth-order valence-corrected chi connectivity index (χ4v) is 1.57. The van der Waals surface area contributed by atoms with Crippen LogP contribution in [0.1, 0.15) is 5.56 Å². The van der Waals surface area contributed by atoms with Gasteiger partial charge < -0.3 is 15.2 Å². The molecule has 1 aromatic rings. The summed E-state index contributed by atoms with van der Waals surface area (Å²) >= 11 is 0. The van der Waals surface area contributed by atoms with Gasteiger partial charge in [0.1, 0.15) is 18.5 Å². The molecule has 0 radical (unpaired) electrons.